The minimum Gasteiger partial charge on any atom is -0.502 e. The van der Waals surface area contributed by atoms with Crippen LogP contribution in [-0.2, 0) is 13.3 Å². The molecule has 0 unspecified atom stereocenters. The highest BCUT2D eigenvalue weighted by atomic mass is 28.4. The molecule has 0 aromatic rings. The van der Waals surface area contributed by atoms with Crippen LogP contribution in [0.2, 0.25) is 19.6 Å². The van der Waals surface area contributed by atoms with E-state index in [-0.39, 0.29) is 0 Å². The van der Waals surface area contributed by atoms with Gasteiger partial charge < -0.3 is 8.54 Å². The molecule has 0 bridgehead atoms. The van der Waals surface area contributed by atoms with E-state index in [4.69, 9.17) is 4.12 Å². The van der Waals surface area contributed by atoms with E-state index in [9.17, 15) is 4.79 Å². The second-order valence-electron chi connectivity index (χ2n) is 2.64. The highest BCUT2D eigenvalue weighted by Gasteiger charge is 2.13. The smallest absolute Gasteiger partial charge is 0.358 e. The highest BCUT2D eigenvalue weighted by Crippen LogP contribution is 1.99. The highest BCUT2D eigenvalue weighted by molar-refractivity contribution is 6.73. The van der Waals surface area contributed by atoms with Crippen molar-refractivity contribution in [2.75, 3.05) is 0 Å². The number of hydrogen-bond donors (Lipinski definition) is 0. The average Bonchev–Trinajstić information content (AvgIpc) is 1.63. The molecule has 0 aliphatic heterocycles. The average molecular weight is 164 g/mol. The lowest BCUT2D eigenvalue weighted by Gasteiger charge is -2.15. The zero-order valence-electron chi connectivity index (χ0n) is 6.01. The predicted molar refractivity (Wildman–Crippen MR) is 40.1 cm³/mol. The Morgan fingerprint density at radius 3 is 2.33 bits per heavy atom. The lowest BCUT2D eigenvalue weighted by Crippen LogP contribution is -2.28. The fourth-order valence-corrected chi connectivity index (χ4v) is 1.98. The zero-order valence-corrected chi connectivity index (χ0v) is 8.42. The van der Waals surface area contributed by atoms with Crippen molar-refractivity contribution in [3.8, 4) is 0 Å². The molecule has 0 aliphatic carbocycles. The third-order valence-electron chi connectivity index (χ3n) is 0.628. The molecule has 0 fully saturated rings. The normalized spacial score (nSPS) is 12.3. The van der Waals surface area contributed by atoms with E-state index in [0.717, 1.165) is 0 Å². The molecule has 0 spiro atoms. The molecule has 0 N–H and O–H groups in total. The maximum absolute atomic E-state index is 9.64. The molecule has 0 saturated carbocycles. The molecule has 3 nitrogen and oxygen atoms in total. The molecule has 0 amide bonds. The summed E-state index contributed by atoms with van der Waals surface area (Å²) in [6.45, 7) is 6.64. The molecular formula is C4H12O3Si2. The lowest BCUT2D eigenvalue weighted by atomic mass is 11.7. The summed E-state index contributed by atoms with van der Waals surface area (Å²) in [6, 6.07) is 0. The second kappa shape index (κ2) is 3.81. The van der Waals surface area contributed by atoms with E-state index in [1.807, 2.05) is 0 Å². The quantitative estimate of drug-likeness (QED) is 0.333. The van der Waals surface area contributed by atoms with Crippen molar-refractivity contribution in [3.05, 3.63) is 0 Å². The van der Waals surface area contributed by atoms with E-state index in [2.05, 4.69) is 24.1 Å². The molecule has 0 aliphatic rings. The SMILES string of the molecule is C[Si](C)(C)O[SiH2]OC=O. The van der Waals surface area contributed by atoms with Gasteiger partial charge in [0.05, 0.1) is 0 Å². The van der Waals surface area contributed by atoms with Crippen molar-refractivity contribution in [3.63, 3.8) is 0 Å². The van der Waals surface area contributed by atoms with E-state index in [1.165, 1.54) is 0 Å². The van der Waals surface area contributed by atoms with E-state index in [0.29, 0.717) is 6.47 Å². The van der Waals surface area contributed by atoms with Gasteiger partial charge in [0.15, 0.2) is 8.32 Å². The number of rotatable bonds is 4. The third-order valence-corrected chi connectivity index (χ3v) is 4.84. The van der Waals surface area contributed by atoms with Crippen molar-refractivity contribution < 1.29 is 13.3 Å². The standard InChI is InChI=1S/C4H12O3Si2/c1-9(2,3)7-8-6-4-5/h4H,8H2,1-3H3. The first-order valence-corrected chi connectivity index (χ1v) is 7.32. The van der Waals surface area contributed by atoms with Crippen molar-refractivity contribution in [1.29, 1.82) is 0 Å². The summed E-state index contributed by atoms with van der Waals surface area (Å²) in [5.74, 6) is 0. The van der Waals surface area contributed by atoms with Crippen LogP contribution in [0, 0.1) is 0 Å². The van der Waals surface area contributed by atoms with Gasteiger partial charge in [0.2, 0.25) is 0 Å². The molecule has 0 rings (SSSR count). The van der Waals surface area contributed by atoms with Crippen molar-refractivity contribution in [1.82, 2.24) is 0 Å². The van der Waals surface area contributed by atoms with Crippen molar-refractivity contribution >= 4 is 24.8 Å². The topological polar surface area (TPSA) is 35.5 Å². The van der Waals surface area contributed by atoms with Gasteiger partial charge in [0, 0.05) is 0 Å². The summed E-state index contributed by atoms with van der Waals surface area (Å²) < 4.78 is 9.77. The Labute approximate surface area is 58.5 Å². The van der Waals surface area contributed by atoms with Gasteiger partial charge in [-0.25, -0.2) is 0 Å². The Kier molecular flexibility index (Phi) is 3.75. The largest absolute Gasteiger partial charge is 0.502 e. The van der Waals surface area contributed by atoms with Gasteiger partial charge in [-0.05, 0) is 19.6 Å². The minimum absolute atomic E-state index is 0.451. The van der Waals surface area contributed by atoms with Crippen LogP contribution in [0.5, 0.6) is 0 Å². The molecule has 0 radical (unpaired) electrons. The number of carbonyl (C=O) groups is 1. The fourth-order valence-electron chi connectivity index (χ4n) is 0.239. The number of carbonyl (C=O) groups excluding carboxylic acids is 1. The first kappa shape index (κ1) is 8.86. The maximum atomic E-state index is 9.64. The molecule has 0 atom stereocenters. The van der Waals surface area contributed by atoms with Crippen LogP contribution in [0.25, 0.3) is 0 Å². The van der Waals surface area contributed by atoms with Crippen LogP contribution in [0.1, 0.15) is 0 Å². The summed E-state index contributed by atoms with van der Waals surface area (Å²) in [7, 11) is -2.42. The predicted octanol–water partition coefficient (Wildman–Crippen LogP) is 0.00970. The Balaban J connectivity index is 3.17. The third kappa shape index (κ3) is 7.86. The Morgan fingerprint density at radius 2 is 2.00 bits per heavy atom. The van der Waals surface area contributed by atoms with Crippen LogP contribution in [-0.4, -0.2) is 24.8 Å². The Morgan fingerprint density at radius 1 is 1.44 bits per heavy atom. The summed E-state index contributed by atoms with van der Waals surface area (Å²) in [6.07, 6.45) is 0. The second-order valence-corrected chi connectivity index (χ2v) is 8.59. The first-order chi connectivity index (χ1) is 4.06. The van der Waals surface area contributed by atoms with Gasteiger partial charge in [-0.1, -0.05) is 0 Å². The summed E-state index contributed by atoms with van der Waals surface area (Å²) in [4.78, 5) is 9.64. The van der Waals surface area contributed by atoms with Gasteiger partial charge in [0.25, 0.3) is 6.47 Å². The molecule has 0 heterocycles. The molecule has 0 aromatic heterocycles. The maximum Gasteiger partial charge on any atom is 0.358 e. The lowest BCUT2D eigenvalue weighted by molar-refractivity contribution is -0.121. The Bertz CT molecular complexity index is 88.3. The van der Waals surface area contributed by atoms with Crippen molar-refractivity contribution in [2.24, 2.45) is 0 Å². The summed E-state index contributed by atoms with van der Waals surface area (Å²) in [5, 5.41) is 0. The van der Waals surface area contributed by atoms with Gasteiger partial charge in [-0.15, -0.1) is 0 Å². The molecule has 5 heteroatoms. The van der Waals surface area contributed by atoms with Gasteiger partial charge in [-0.3, -0.25) is 4.79 Å². The van der Waals surface area contributed by atoms with Crippen LogP contribution >= 0.6 is 0 Å². The summed E-state index contributed by atoms with van der Waals surface area (Å²) in [5.41, 5.74) is 0. The van der Waals surface area contributed by atoms with Crippen LogP contribution in [0.15, 0.2) is 0 Å². The van der Waals surface area contributed by atoms with E-state index < -0.39 is 18.3 Å². The molecule has 54 valence electrons. The molecule has 0 saturated heterocycles. The van der Waals surface area contributed by atoms with E-state index >= 15 is 0 Å². The molecule has 0 aromatic carbocycles. The van der Waals surface area contributed by atoms with Crippen molar-refractivity contribution in [2.45, 2.75) is 19.6 Å². The fraction of sp³-hybridized carbons (Fsp3) is 0.750. The monoisotopic (exact) mass is 164 g/mol. The Hall–Kier alpha value is -0.136. The van der Waals surface area contributed by atoms with Gasteiger partial charge >= 0.3 is 10.0 Å². The zero-order chi connectivity index (χ0) is 7.33. The molecular weight excluding hydrogens is 152 g/mol. The van der Waals surface area contributed by atoms with Crippen LogP contribution in [0.3, 0.4) is 0 Å². The number of hydrogen-bond acceptors (Lipinski definition) is 3. The summed E-state index contributed by atoms with van der Waals surface area (Å²) >= 11 is 0. The molecule has 9 heavy (non-hydrogen) atoms. The minimum atomic E-state index is -1.42. The van der Waals surface area contributed by atoms with Gasteiger partial charge in [0.1, 0.15) is 0 Å². The van der Waals surface area contributed by atoms with Crippen LogP contribution in [0.4, 0.5) is 0 Å². The van der Waals surface area contributed by atoms with Crippen LogP contribution < -0.4 is 0 Å². The first-order valence-electron chi connectivity index (χ1n) is 2.75. The van der Waals surface area contributed by atoms with Gasteiger partial charge in [-0.2, -0.15) is 0 Å². The van der Waals surface area contributed by atoms with E-state index in [1.54, 1.807) is 0 Å².